The van der Waals surface area contributed by atoms with Crippen molar-refractivity contribution in [3.8, 4) is 0 Å². The minimum atomic E-state index is -0.436. The molecule has 1 heterocycles. The Balaban J connectivity index is 2.96. The van der Waals surface area contributed by atoms with Crippen molar-refractivity contribution in [3.05, 3.63) is 23.4 Å². The molecule has 0 unspecified atom stereocenters. The number of nitrogens with one attached hydrogen (secondary N) is 2. The number of hydrogen-bond donors (Lipinski definition) is 3. The molecule has 21 heavy (non-hydrogen) atoms. The van der Waals surface area contributed by atoms with E-state index in [4.69, 9.17) is 5.73 Å². The van der Waals surface area contributed by atoms with Crippen LogP contribution in [-0.4, -0.2) is 29.9 Å². The summed E-state index contributed by atoms with van der Waals surface area (Å²) in [6, 6.07) is 3.48. The molecule has 116 valence electrons. The van der Waals surface area contributed by atoms with Crippen molar-refractivity contribution in [1.29, 1.82) is 0 Å². The van der Waals surface area contributed by atoms with Gasteiger partial charge in [-0.25, -0.2) is 4.98 Å². The third kappa shape index (κ3) is 5.41. The smallest absolute Gasteiger partial charge is 0.251 e. The van der Waals surface area contributed by atoms with Crippen molar-refractivity contribution in [2.75, 3.05) is 18.4 Å². The van der Waals surface area contributed by atoms with Crippen molar-refractivity contribution in [2.45, 2.75) is 39.5 Å². The zero-order valence-electron chi connectivity index (χ0n) is 13.1. The molecule has 0 saturated carbocycles. The molecular weight excluding hydrogens is 268 g/mol. The highest BCUT2D eigenvalue weighted by atomic mass is 16.2. The van der Waals surface area contributed by atoms with E-state index in [2.05, 4.69) is 15.6 Å². The van der Waals surface area contributed by atoms with E-state index >= 15 is 0 Å². The molecule has 0 spiro atoms. The van der Waals surface area contributed by atoms with Gasteiger partial charge in [-0.2, -0.15) is 0 Å². The maximum absolute atomic E-state index is 12.1. The highest BCUT2D eigenvalue weighted by Gasteiger charge is 2.19. The van der Waals surface area contributed by atoms with Gasteiger partial charge in [-0.15, -0.1) is 0 Å². The van der Waals surface area contributed by atoms with Crippen LogP contribution in [0.4, 0.5) is 5.82 Å². The van der Waals surface area contributed by atoms with Gasteiger partial charge in [-0.1, -0.05) is 20.8 Å². The van der Waals surface area contributed by atoms with Gasteiger partial charge in [0, 0.05) is 36.2 Å². The standard InChI is InChI=1S/C15H24N4O2/c1-5-17-13-9-10(8-11(19-13)15(2,3)4)14(21)18-7-6-12(16)20/h8-9H,5-7H2,1-4H3,(H2,16,20)(H,17,19)(H,18,21). The molecule has 1 rings (SSSR count). The molecule has 1 aromatic heterocycles. The fourth-order valence-corrected chi connectivity index (χ4v) is 1.72. The van der Waals surface area contributed by atoms with Gasteiger partial charge in [0.15, 0.2) is 0 Å². The Morgan fingerprint density at radius 1 is 1.29 bits per heavy atom. The summed E-state index contributed by atoms with van der Waals surface area (Å²) in [5.41, 5.74) is 6.25. The van der Waals surface area contributed by atoms with Crippen LogP contribution in [0.15, 0.2) is 12.1 Å². The highest BCUT2D eigenvalue weighted by molar-refractivity contribution is 5.95. The zero-order valence-corrected chi connectivity index (χ0v) is 13.1. The van der Waals surface area contributed by atoms with Crippen molar-refractivity contribution in [1.82, 2.24) is 10.3 Å². The average molecular weight is 292 g/mol. The molecule has 1 aromatic rings. The van der Waals surface area contributed by atoms with Crippen LogP contribution in [0.3, 0.4) is 0 Å². The first-order valence-electron chi connectivity index (χ1n) is 7.07. The molecule has 2 amide bonds. The van der Waals surface area contributed by atoms with E-state index in [0.29, 0.717) is 11.4 Å². The van der Waals surface area contributed by atoms with E-state index in [0.717, 1.165) is 12.2 Å². The summed E-state index contributed by atoms with van der Waals surface area (Å²) in [5, 5.41) is 5.81. The maximum atomic E-state index is 12.1. The molecular formula is C15H24N4O2. The Morgan fingerprint density at radius 2 is 1.95 bits per heavy atom. The average Bonchev–Trinajstić information content (AvgIpc) is 2.37. The molecule has 0 saturated heterocycles. The number of carbonyl (C=O) groups excluding carboxylic acids is 2. The highest BCUT2D eigenvalue weighted by Crippen LogP contribution is 2.23. The van der Waals surface area contributed by atoms with E-state index in [-0.39, 0.29) is 24.3 Å². The molecule has 6 heteroatoms. The van der Waals surface area contributed by atoms with Crippen LogP contribution in [0.1, 0.15) is 50.2 Å². The minimum Gasteiger partial charge on any atom is -0.370 e. The normalized spacial score (nSPS) is 11.0. The molecule has 6 nitrogen and oxygen atoms in total. The monoisotopic (exact) mass is 292 g/mol. The lowest BCUT2D eigenvalue weighted by Crippen LogP contribution is -2.28. The first kappa shape index (κ1) is 16.9. The number of anilines is 1. The zero-order chi connectivity index (χ0) is 16.0. The summed E-state index contributed by atoms with van der Waals surface area (Å²) in [7, 11) is 0. The second-order valence-electron chi connectivity index (χ2n) is 5.88. The van der Waals surface area contributed by atoms with Gasteiger partial charge in [0.05, 0.1) is 0 Å². The van der Waals surface area contributed by atoms with Crippen molar-refractivity contribution >= 4 is 17.6 Å². The van der Waals surface area contributed by atoms with Crippen molar-refractivity contribution < 1.29 is 9.59 Å². The topological polar surface area (TPSA) is 97.1 Å². The molecule has 0 aromatic carbocycles. The molecule has 0 aliphatic rings. The van der Waals surface area contributed by atoms with Crippen LogP contribution in [0.25, 0.3) is 0 Å². The van der Waals surface area contributed by atoms with E-state index in [9.17, 15) is 9.59 Å². The molecule has 0 bridgehead atoms. The van der Waals surface area contributed by atoms with Gasteiger partial charge < -0.3 is 16.4 Å². The van der Waals surface area contributed by atoms with Gasteiger partial charge in [0.1, 0.15) is 5.82 Å². The Bertz CT molecular complexity index is 521. The number of nitrogens with two attached hydrogens (primary N) is 1. The van der Waals surface area contributed by atoms with Crippen molar-refractivity contribution in [3.63, 3.8) is 0 Å². The number of hydrogen-bond acceptors (Lipinski definition) is 4. The van der Waals surface area contributed by atoms with E-state index in [1.54, 1.807) is 12.1 Å². The van der Waals surface area contributed by atoms with Crippen LogP contribution in [-0.2, 0) is 10.2 Å². The fourth-order valence-electron chi connectivity index (χ4n) is 1.72. The molecule has 4 N–H and O–H groups in total. The van der Waals surface area contributed by atoms with Crippen LogP contribution in [0.2, 0.25) is 0 Å². The first-order chi connectivity index (χ1) is 9.74. The van der Waals surface area contributed by atoms with Gasteiger partial charge >= 0.3 is 0 Å². The second-order valence-corrected chi connectivity index (χ2v) is 5.88. The maximum Gasteiger partial charge on any atom is 0.251 e. The van der Waals surface area contributed by atoms with Crippen LogP contribution in [0, 0.1) is 0 Å². The Kier molecular flexibility index (Phi) is 5.69. The van der Waals surface area contributed by atoms with Gasteiger partial charge in [-0.05, 0) is 19.1 Å². The summed E-state index contributed by atoms with van der Waals surface area (Å²) in [6.07, 6.45) is 0.128. The largest absolute Gasteiger partial charge is 0.370 e. The SMILES string of the molecule is CCNc1cc(C(=O)NCCC(N)=O)cc(C(C)(C)C)n1. The summed E-state index contributed by atoms with van der Waals surface area (Å²) < 4.78 is 0. The third-order valence-electron chi connectivity index (χ3n) is 2.87. The third-order valence-corrected chi connectivity index (χ3v) is 2.87. The summed E-state index contributed by atoms with van der Waals surface area (Å²) in [6.45, 7) is 9.05. The quantitative estimate of drug-likeness (QED) is 0.738. The van der Waals surface area contributed by atoms with Crippen molar-refractivity contribution in [2.24, 2.45) is 5.73 Å². The number of rotatable bonds is 6. The molecule has 0 fully saturated rings. The fraction of sp³-hybridized carbons (Fsp3) is 0.533. The van der Waals surface area contributed by atoms with Gasteiger partial charge in [-0.3, -0.25) is 9.59 Å². The van der Waals surface area contributed by atoms with E-state index in [1.165, 1.54) is 0 Å². The first-order valence-corrected chi connectivity index (χ1v) is 7.07. The van der Waals surface area contributed by atoms with E-state index in [1.807, 2.05) is 27.7 Å². The summed E-state index contributed by atoms with van der Waals surface area (Å²) in [4.78, 5) is 27.4. The summed E-state index contributed by atoms with van der Waals surface area (Å²) >= 11 is 0. The minimum absolute atomic E-state index is 0.128. The molecule has 0 aliphatic carbocycles. The van der Waals surface area contributed by atoms with E-state index < -0.39 is 5.91 Å². The lowest BCUT2D eigenvalue weighted by atomic mass is 9.90. The number of pyridine rings is 1. The predicted molar refractivity (Wildman–Crippen MR) is 83.2 cm³/mol. The van der Waals surface area contributed by atoms with Crippen LogP contribution < -0.4 is 16.4 Å². The second kappa shape index (κ2) is 7.06. The summed E-state index contributed by atoms with van der Waals surface area (Å²) in [5.74, 6) is 0.00188. The lowest BCUT2D eigenvalue weighted by molar-refractivity contribution is -0.117. The predicted octanol–water partition coefficient (Wildman–Crippen LogP) is 1.42. The molecule has 0 radical (unpaired) electrons. The van der Waals surface area contributed by atoms with Gasteiger partial charge in [0.2, 0.25) is 5.91 Å². The van der Waals surface area contributed by atoms with Crippen LogP contribution >= 0.6 is 0 Å². The Hall–Kier alpha value is -2.11. The molecule has 0 aliphatic heterocycles. The lowest BCUT2D eigenvalue weighted by Gasteiger charge is -2.20. The number of nitrogens with zero attached hydrogens (tertiary/aromatic N) is 1. The van der Waals surface area contributed by atoms with Crippen LogP contribution in [0.5, 0.6) is 0 Å². The Morgan fingerprint density at radius 3 is 2.48 bits per heavy atom. The number of primary amides is 1. The van der Waals surface area contributed by atoms with Gasteiger partial charge in [0.25, 0.3) is 5.91 Å². The number of amides is 2. The number of aromatic nitrogens is 1. The molecule has 0 atom stereocenters. The Labute approximate surface area is 125 Å². The number of carbonyl (C=O) groups is 2.